The zero-order valence-electron chi connectivity index (χ0n) is 3.86. The Morgan fingerprint density at radius 2 is 2.25 bits per heavy atom. The van der Waals surface area contributed by atoms with Crippen LogP contribution in [0.2, 0.25) is 10.3 Å². The Kier molecular flexibility index (Phi) is 1.71. The minimum Gasteiger partial charge on any atom is -0.224 e. The van der Waals surface area contributed by atoms with E-state index in [-0.39, 0.29) is 0 Å². The summed E-state index contributed by atoms with van der Waals surface area (Å²) in [5.74, 6) is 0. The van der Waals surface area contributed by atoms with Crippen molar-refractivity contribution in [2.75, 3.05) is 0 Å². The van der Waals surface area contributed by atoms with Crippen LogP contribution in [0.1, 0.15) is 0 Å². The van der Waals surface area contributed by atoms with Gasteiger partial charge < -0.3 is 0 Å². The first-order valence-corrected chi connectivity index (χ1v) is 2.74. The van der Waals surface area contributed by atoms with Gasteiger partial charge in [-0.2, -0.15) is 0 Å². The third-order valence-electron chi connectivity index (χ3n) is 0.628. The van der Waals surface area contributed by atoms with Crippen molar-refractivity contribution in [1.29, 1.82) is 0 Å². The molecule has 0 aliphatic rings. The summed E-state index contributed by atoms with van der Waals surface area (Å²) in [6.45, 7) is 0. The van der Waals surface area contributed by atoms with Crippen molar-refractivity contribution in [3.8, 4) is 0 Å². The Balaban J connectivity index is 3.08. The quantitative estimate of drug-likeness (QED) is 0.512. The summed E-state index contributed by atoms with van der Waals surface area (Å²) in [4.78, 5) is 3.65. The zero-order chi connectivity index (χ0) is 5.98. The topological polar surface area (TPSA) is 12.9 Å². The molecule has 0 atom stereocenters. The number of pyridine rings is 1. The van der Waals surface area contributed by atoms with Gasteiger partial charge in [0.2, 0.25) is 0 Å². The molecule has 1 rings (SSSR count). The molecule has 0 saturated heterocycles. The van der Waals surface area contributed by atoms with E-state index in [0.717, 1.165) is 0 Å². The van der Waals surface area contributed by atoms with Crippen LogP contribution in [-0.4, -0.2) is 4.98 Å². The third kappa shape index (κ3) is 1.35. The summed E-state index contributed by atoms with van der Waals surface area (Å²) < 4.78 is 0. The van der Waals surface area contributed by atoms with Crippen molar-refractivity contribution in [1.82, 2.24) is 4.98 Å². The predicted octanol–water partition coefficient (Wildman–Crippen LogP) is 2.19. The lowest BCUT2D eigenvalue weighted by atomic mass is 10.5. The zero-order valence-corrected chi connectivity index (χ0v) is 5.37. The summed E-state index contributed by atoms with van der Waals surface area (Å²) in [5, 5.41) is 0.700. The molecule has 0 amide bonds. The summed E-state index contributed by atoms with van der Waals surface area (Å²) in [5.41, 5.74) is 0. The molecule has 0 spiro atoms. The number of nitrogens with zero attached hydrogens (tertiary/aromatic N) is 1. The van der Waals surface area contributed by atoms with Crippen molar-refractivity contribution < 1.29 is 0 Å². The largest absolute Gasteiger partial charge is 0.224 e. The first-order valence-electron chi connectivity index (χ1n) is 1.99. The second kappa shape index (κ2) is 2.33. The minimum atomic E-state index is 0.303. The van der Waals surface area contributed by atoms with Gasteiger partial charge in [0.15, 0.2) is 0 Å². The molecule has 0 bridgehead atoms. The average molecular weight is 147 g/mol. The second-order valence-corrected chi connectivity index (χ2v) is 1.95. The van der Waals surface area contributed by atoms with Gasteiger partial charge >= 0.3 is 0 Å². The number of aromatic nitrogens is 1. The molecule has 0 aliphatic heterocycles. The van der Waals surface area contributed by atoms with Gasteiger partial charge in [0, 0.05) is 6.07 Å². The van der Waals surface area contributed by atoms with Crippen molar-refractivity contribution in [2.45, 2.75) is 0 Å². The highest BCUT2D eigenvalue weighted by molar-refractivity contribution is 6.32. The van der Waals surface area contributed by atoms with E-state index in [4.69, 9.17) is 23.2 Å². The van der Waals surface area contributed by atoms with Crippen LogP contribution < -0.4 is 0 Å². The molecular weight excluding hydrogens is 145 g/mol. The summed E-state index contributed by atoms with van der Waals surface area (Å²) in [7, 11) is 0. The Bertz CT molecular complexity index is 170. The maximum Gasteiger partial charge on any atom is 0.138 e. The highest BCUT2D eigenvalue weighted by Crippen LogP contribution is 2.07. The first kappa shape index (κ1) is 5.86. The van der Waals surface area contributed by atoms with E-state index in [1.165, 1.54) is 0 Å². The fourth-order valence-electron chi connectivity index (χ4n) is 0.343. The molecule has 0 unspecified atom stereocenters. The van der Waals surface area contributed by atoms with Crippen LogP contribution in [0, 0.1) is 6.07 Å². The van der Waals surface area contributed by atoms with Crippen LogP contribution in [-0.2, 0) is 0 Å². The van der Waals surface area contributed by atoms with Gasteiger partial charge in [-0.15, -0.1) is 0 Å². The van der Waals surface area contributed by atoms with E-state index in [1.54, 1.807) is 12.1 Å². The van der Waals surface area contributed by atoms with E-state index in [9.17, 15) is 0 Å². The van der Waals surface area contributed by atoms with Crippen LogP contribution in [0.3, 0.4) is 0 Å². The number of rotatable bonds is 0. The molecular formula is C5H2Cl2N. The molecule has 0 saturated carbocycles. The van der Waals surface area contributed by atoms with Crippen LogP contribution in [0.15, 0.2) is 12.1 Å². The van der Waals surface area contributed by atoms with Gasteiger partial charge in [-0.25, -0.2) is 4.98 Å². The van der Waals surface area contributed by atoms with Gasteiger partial charge in [-0.3, -0.25) is 0 Å². The molecule has 3 heteroatoms. The molecule has 8 heavy (non-hydrogen) atoms. The number of hydrogen-bond acceptors (Lipinski definition) is 1. The summed E-state index contributed by atoms with van der Waals surface area (Å²) >= 11 is 10.8. The Morgan fingerprint density at radius 1 is 1.50 bits per heavy atom. The van der Waals surface area contributed by atoms with Crippen LogP contribution in [0.5, 0.6) is 0 Å². The highest BCUT2D eigenvalue weighted by Gasteiger charge is 1.87. The maximum absolute atomic E-state index is 5.43. The van der Waals surface area contributed by atoms with Crippen molar-refractivity contribution >= 4 is 23.2 Å². The van der Waals surface area contributed by atoms with E-state index in [2.05, 4.69) is 11.1 Å². The molecule has 0 N–H and O–H groups in total. The SMILES string of the molecule is Clc1[c]ccc(Cl)n1. The fraction of sp³-hybridized carbons (Fsp3) is 0. The summed E-state index contributed by atoms with van der Waals surface area (Å²) in [6.07, 6.45) is 0. The lowest BCUT2D eigenvalue weighted by Gasteiger charge is -1.85. The maximum atomic E-state index is 5.43. The second-order valence-electron chi connectivity index (χ2n) is 1.20. The lowest BCUT2D eigenvalue weighted by Crippen LogP contribution is -1.72. The normalized spacial score (nSPS) is 9.25. The fourth-order valence-corrected chi connectivity index (χ4v) is 0.687. The van der Waals surface area contributed by atoms with Crippen molar-refractivity contribution in [2.24, 2.45) is 0 Å². The van der Waals surface area contributed by atoms with E-state index >= 15 is 0 Å². The average Bonchev–Trinajstić information content (AvgIpc) is 1.64. The standard InChI is InChI=1S/C5H2Cl2N/c6-4-2-1-3-5(7)8-4/h1-2H. The monoisotopic (exact) mass is 146 g/mol. The van der Waals surface area contributed by atoms with Gasteiger partial charge in [-0.05, 0) is 12.1 Å². The molecule has 0 aromatic carbocycles. The third-order valence-corrected chi connectivity index (χ3v) is 1.03. The first-order chi connectivity index (χ1) is 3.79. The predicted molar refractivity (Wildman–Crippen MR) is 33.1 cm³/mol. The van der Waals surface area contributed by atoms with Crippen molar-refractivity contribution in [3.63, 3.8) is 0 Å². The van der Waals surface area contributed by atoms with E-state index in [1.807, 2.05) is 0 Å². The minimum absolute atomic E-state index is 0.303. The molecule has 0 fully saturated rings. The Labute approximate surface area is 57.3 Å². The van der Waals surface area contributed by atoms with Gasteiger partial charge in [0.1, 0.15) is 10.3 Å². The lowest BCUT2D eigenvalue weighted by molar-refractivity contribution is 1.32. The number of halogens is 2. The van der Waals surface area contributed by atoms with Gasteiger partial charge in [0.05, 0.1) is 0 Å². The molecule has 1 radical (unpaired) electrons. The molecule has 1 aromatic heterocycles. The molecule has 1 aromatic rings. The van der Waals surface area contributed by atoms with Crippen LogP contribution >= 0.6 is 23.2 Å². The van der Waals surface area contributed by atoms with E-state index < -0.39 is 0 Å². The van der Waals surface area contributed by atoms with Gasteiger partial charge in [0.25, 0.3) is 0 Å². The molecule has 0 aliphatic carbocycles. The summed E-state index contributed by atoms with van der Waals surface area (Å²) in [6, 6.07) is 5.88. The van der Waals surface area contributed by atoms with E-state index in [0.29, 0.717) is 10.3 Å². The number of hydrogen-bond donors (Lipinski definition) is 0. The Morgan fingerprint density at radius 3 is 2.62 bits per heavy atom. The van der Waals surface area contributed by atoms with Crippen LogP contribution in [0.4, 0.5) is 0 Å². The van der Waals surface area contributed by atoms with Crippen molar-refractivity contribution in [3.05, 3.63) is 28.5 Å². The highest BCUT2D eigenvalue weighted by atomic mass is 35.5. The molecule has 1 nitrogen and oxygen atoms in total. The molecule has 41 valence electrons. The van der Waals surface area contributed by atoms with Gasteiger partial charge in [-0.1, -0.05) is 23.2 Å². The van der Waals surface area contributed by atoms with Crippen LogP contribution in [0.25, 0.3) is 0 Å². The molecule has 1 heterocycles. The smallest absolute Gasteiger partial charge is 0.138 e. The Hall–Kier alpha value is -0.270.